The first-order valence-corrected chi connectivity index (χ1v) is 12.9. The number of unbranched alkanes of at least 4 members (excludes halogenated alkanes) is 1. The van der Waals surface area contributed by atoms with Crippen LogP contribution in [0.4, 0.5) is 9.18 Å². The van der Waals surface area contributed by atoms with E-state index < -0.39 is 18.0 Å². The molecule has 11 heteroatoms. The molecule has 0 bridgehead atoms. The van der Waals surface area contributed by atoms with Gasteiger partial charge >= 0.3 is 6.09 Å². The van der Waals surface area contributed by atoms with Crippen LogP contribution in [0.5, 0.6) is 5.75 Å². The second kappa shape index (κ2) is 9.88. The number of benzene rings is 1. The fraction of sp³-hybridized carbons (Fsp3) is 0.600. The standard InChI is InChI=1S/C25H31ClFN5O4/c1-3-4-9-35-24(34)32-8-5-17-18(26)10-19(27)23(36-14-16-12-30(2)29-28-16)22(17)20(32)13-31-15-25(6-7-25)11-21(31)33/h10,12,20H,3-9,11,13-15H2,1-2H3/t20-/m1/s1. The summed E-state index contributed by atoms with van der Waals surface area (Å²) in [6.07, 6.45) is 5.87. The maximum Gasteiger partial charge on any atom is 0.410 e. The van der Waals surface area contributed by atoms with Crippen molar-refractivity contribution in [1.29, 1.82) is 0 Å². The number of hydrogen-bond acceptors (Lipinski definition) is 6. The third-order valence-electron chi connectivity index (χ3n) is 7.37. The van der Waals surface area contributed by atoms with E-state index in [2.05, 4.69) is 10.3 Å². The van der Waals surface area contributed by atoms with Crippen LogP contribution in [-0.2, 0) is 29.6 Å². The molecule has 3 heterocycles. The van der Waals surface area contributed by atoms with Crippen LogP contribution in [0.25, 0.3) is 0 Å². The summed E-state index contributed by atoms with van der Waals surface area (Å²) >= 11 is 6.50. The van der Waals surface area contributed by atoms with Crippen LogP contribution in [-0.4, -0.2) is 63.0 Å². The minimum absolute atomic E-state index is 0.00173. The molecule has 9 nitrogen and oxygen atoms in total. The van der Waals surface area contributed by atoms with E-state index in [0.717, 1.165) is 31.2 Å². The van der Waals surface area contributed by atoms with Gasteiger partial charge in [0, 0.05) is 43.7 Å². The Labute approximate surface area is 214 Å². The molecule has 1 spiro atoms. The van der Waals surface area contributed by atoms with E-state index in [1.807, 2.05) is 6.92 Å². The summed E-state index contributed by atoms with van der Waals surface area (Å²) < 4.78 is 28.4. The van der Waals surface area contributed by atoms with Gasteiger partial charge in [-0.3, -0.25) is 14.4 Å². The number of ether oxygens (including phenoxy) is 2. The predicted octanol–water partition coefficient (Wildman–Crippen LogP) is 4.04. The summed E-state index contributed by atoms with van der Waals surface area (Å²) in [6, 6.07) is 0.601. The second-order valence-corrected chi connectivity index (χ2v) is 10.5. The predicted molar refractivity (Wildman–Crippen MR) is 129 cm³/mol. The summed E-state index contributed by atoms with van der Waals surface area (Å²) in [6.45, 7) is 3.55. The normalized spacial score (nSPS) is 20.1. The number of carbonyl (C=O) groups is 2. The number of carbonyl (C=O) groups excluding carboxylic acids is 2. The molecule has 0 radical (unpaired) electrons. The Hall–Kier alpha value is -2.88. The SMILES string of the molecule is CCCCOC(=O)N1CCc2c(Cl)cc(F)c(OCc3cn(C)nn3)c2[C@H]1CN1CC2(CC2)CC1=O. The molecule has 1 saturated heterocycles. The zero-order chi connectivity index (χ0) is 25.4. The van der Waals surface area contributed by atoms with Crippen LogP contribution in [0, 0.1) is 11.2 Å². The van der Waals surface area contributed by atoms with Crippen molar-refractivity contribution >= 4 is 23.6 Å². The van der Waals surface area contributed by atoms with Gasteiger partial charge < -0.3 is 14.4 Å². The molecule has 1 saturated carbocycles. The maximum atomic E-state index is 15.4. The van der Waals surface area contributed by atoms with Crippen LogP contribution in [0.3, 0.4) is 0 Å². The number of aryl methyl sites for hydroxylation is 1. The molecular formula is C25H31ClFN5O4. The number of amides is 2. The first kappa shape index (κ1) is 24.8. The number of aromatic nitrogens is 3. The van der Waals surface area contributed by atoms with E-state index >= 15 is 4.39 Å². The largest absolute Gasteiger partial charge is 0.484 e. The maximum absolute atomic E-state index is 15.4. The van der Waals surface area contributed by atoms with E-state index in [-0.39, 0.29) is 35.2 Å². The zero-order valence-corrected chi connectivity index (χ0v) is 21.4. The molecule has 1 aromatic carbocycles. The quantitative estimate of drug-likeness (QED) is 0.489. The van der Waals surface area contributed by atoms with Crippen molar-refractivity contribution in [3.05, 3.63) is 39.9 Å². The zero-order valence-electron chi connectivity index (χ0n) is 20.6. The molecular weight excluding hydrogens is 489 g/mol. The Morgan fingerprint density at radius 3 is 2.83 bits per heavy atom. The Kier molecular flexibility index (Phi) is 6.80. The number of hydrogen-bond donors (Lipinski definition) is 0. The van der Waals surface area contributed by atoms with Crippen LogP contribution < -0.4 is 4.74 Å². The first-order chi connectivity index (χ1) is 17.3. The minimum Gasteiger partial charge on any atom is -0.484 e. The fourth-order valence-electron chi connectivity index (χ4n) is 5.23. The average molecular weight is 520 g/mol. The molecule has 0 N–H and O–H groups in total. The first-order valence-electron chi connectivity index (χ1n) is 12.5. The van der Waals surface area contributed by atoms with Crippen LogP contribution in [0.2, 0.25) is 5.02 Å². The molecule has 2 aromatic rings. The molecule has 2 fully saturated rings. The summed E-state index contributed by atoms with van der Waals surface area (Å²) in [4.78, 5) is 29.4. The number of fused-ring (bicyclic) bond motifs is 1. The highest BCUT2D eigenvalue weighted by Crippen LogP contribution is 2.54. The average Bonchev–Trinajstić information content (AvgIpc) is 3.34. The van der Waals surface area contributed by atoms with Crippen molar-refractivity contribution < 1.29 is 23.5 Å². The van der Waals surface area contributed by atoms with Crippen LogP contribution >= 0.6 is 11.6 Å². The van der Waals surface area contributed by atoms with Crippen LogP contribution in [0.15, 0.2) is 12.3 Å². The molecule has 1 aliphatic carbocycles. The summed E-state index contributed by atoms with van der Waals surface area (Å²) in [5.41, 5.74) is 1.82. The van der Waals surface area contributed by atoms with Crippen molar-refractivity contribution in [2.24, 2.45) is 12.5 Å². The lowest BCUT2D eigenvalue weighted by Crippen LogP contribution is -2.46. The van der Waals surface area contributed by atoms with Crippen molar-refractivity contribution in [3.8, 4) is 5.75 Å². The molecule has 2 amide bonds. The Bertz CT molecular complexity index is 1170. The molecule has 194 valence electrons. The number of nitrogens with zero attached hydrogens (tertiary/aromatic N) is 5. The Morgan fingerprint density at radius 1 is 1.36 bits per heavy atom. The monoisotopic (exact) mass is 519 g/mol. The van der Waals surface area contributed by atoms with Gasteiger partial charge in [0.1, 0.15) is 12.3 Å². The lowest BCUT2D eigenvalue weighted by atomic mass is 9.91. The highest BCUT2D eigenvalue weighted by molar-refractivity contribution is 6.31. The number of halogens is 2. The van der Waals surface area contributed by atoms with E-state index in [9.17, 15) is 9.59 Å². The summed E-state index contributed by atoms with van der Waals surface area (Å²) in [7, 11) is 1.74. The van der Waals surface area contributed by atoms with Gasteiger partial charge in [-0.1, -0.05) is 30.2 Å². The molecule has 2 aliphatic heterocycles. The Morgan fingerprint density at radius 2 is 2.17 bits per heavy atom. The molecule has 3 aliphatic rings. The van der Waals surface area contributed by atoms with Gasteiger partial charge in [0.25, 0.3) is 0 Å². The minimum atomic E-state index is -0.647. The van der Waals surface area contributed by atoms with Crippen molar-refractivity contribution in [3.63, 3.8) is 0 Å². The smallest absolute Gasteiger partial charge is 0.410 e. The third kappa shape index (κ3) is 4.87. The lowest BCUT2D eigenvalue weighted by molar-refractivity contribution is -0.128. The molecule has 1 aromatic heterocycles. The summed E-state index contributed by atoms with van der Waals surface area (Å²) in [5, 5.41) is 8.19. The fourth-order valence-corrected chi connectivity index (χ4v) is 5.52. The van der Waals surface area contributed by atoms with Gasteiger partial charge in [-0.2, -0.15) is 0 Å². The third-order valence-corrected chi connectivity index (χ3v) is 7.71. The van der Waals surface area contributed by atoms with Gasteiger partial charge in [-0.05, 0) is 42.7 Å². The molecule has 0 unspecified atom stereocenters. The van der Waals surface area contributed by atoms with Gasteiger partial charge in [-0.25, -0.2) is 9.18 Å². The van der Waals surface area contributed by atoms with Gasteiger partial charge in [0.05, 0.1) is 18.8 Å². The Balaban J connectivity index is 1.49. The lowest BCUT2D eigenvalue weighted by Gasteiger charge is -2.39. The second-order valence-electron chi connectivity index (χ2n) is 10.1. The van der Waals surface area contributed by atoms with E-state index in [4.69, 9.17) is 21.1 Å². The topological polar surface area (TPSA) is 89.8 Å². The molecule has 36 heavy (non-hydrogen) atoms. The van der Waals surface area contributed by atoms with Gasteiger partial charge in [0.2, 0.25) is 5.91 Å². The van der Waals surface area contributed by atoms with Crippen molar-refractivity contribution in [2.45, 2.75) is 58.1 Å². The van der Waals surface area contributed by atoms with Crippen molar-refractivity contribution in [1.82, 2.24) is 24.8 Å². The van der Waals surface area contributed by atoms with E-state index in [1.165, 1.54) is 10.7 Å². The highest BCUT2D eigenvalue weighted by Gasteiger charge is 2.52. The van der Waals surface area contributed by atoms with Crippen LogP contribution in [0.1, 0.15) is 61.9 Å². The van der Waals surface area contributed by atoms with Gasteiger partial charge in [-0.15, -0.1) is 5.10 Å². The molecule has 1 atom stereocenters. The van der Waals surface area contributed by atoms with Gasteiger partial charge in [0.15, 0.2) is 11.6 Å². The summed E-state index contributed by atoms with van der Waals surface area (Å²) in [5.74, 6) is -0.549. The number of likely N-dealkylation sites (tertiary alicyclic amines) is 1. The molecule has 5 rings (SSSR count). The number of rotatable bonds is 8. The highest BCUT2D eigenvalue weighted by atomic mass is 35.5. The van der Waals surface area contributed by atoms with E-state index in [1.54, 1.807) is 23.0 Å². The van der Waals surface area contributed by atoms with E-state index in [0.29, 0.717) is 43.8 Å². The van der Waals surface area contributed by atoms with Crippen molar-refractivity contribution in [2.75, 3.05) is 26.2 Å².